The average Bonchev–Trinajstić information content (AvgIpc) is 2.34. The molecule has 0 aromatic carbocycles. The number of nitrogens with zero attached hydrogens (tertiary/aromatic N) is 2. The molecule has 13 heavy (non-hydrogen) atoms. The Labute approximate surface area is 77.2 Å². The van der Waals surface area contributed by atoms with Gasteiger partial charge in [0.1, 0.15) is 6.54 Å². The zero-order valence-corrected chi connectivity index (χ0v) is 8.11. The Hall–Kier alpha value is -1.26. The standard InChI is InChI=1S/C8H14N2O3/c1-6-4-10(5-7(11)13-3)8(12)9(6)2/h6H,4-5H2,1-3H3. The molecule has 0 aromatic rings. The van der Waals surface area contributed by atoms with Crippen LogP contribution >= 0.6 is 0 Å². The summed E-state index contributed by atoms with van der Waals surface area (Å²) < 4.78 is 4.48. The van der Waals surface area contributed by atoms with E-state index in [0.29, 0.717) is 6.54 Å². The fourth-order valence-corrected chi connectivity index (χ4v) is 1.28. The van der Waals surface area contributed by atoms with Crippen molar-refractivity contribution in [3.63, 3.8) is 0 Å². The number of hydrogen-bond acceptors (Lipinski definition) is 3. The van der Waals surface area contributed by atoms with Crippen LogP contribution in [0.1, 0.15) is 6.92 Å². The summed E-state index contributed by atoms with van der Waals surface area (Å²) >= 11 is 0. The summed E-state index contributed by atoms with van der Waals surface area (Å²) in [6, 6.07) is 0.0510. The number of carbonyl (C=O) groups excluding carboxylic acids is 2. The molecule has 1 heterocycles. The highest BCUT2D eigenvalue weighted by Gasteiger charge is 2.32. The molecule has 5 nitrogen and oxygen atoms in total. The summed E-state index contributed by atoms with van der Waals surface area (Å²) in [5, 5.41) is 0. The Bertz CT molecular complexity index is 229. The zero-order valence-electron chi connectivity index (χ0n) is 8.11. The highest BCUT2D eigenvalue weighted by atomic mass is 16.5. The number of methoxy groups -OCH3 is 1. The molecular formula is C8H14N2O3. The SMILES string of the molecule is COC(=O)CN1CC(C)N(C)C1=O. The van der Waals surface area contributed by atoms with E-state index in [2.05, 4.69) is 4.74 Å². The Morgan fingerprint density at radius 1 is 1.69 bits per heavy atom. The number of amides is 2. The summed E-state index contributed by atoms with van der Waals surface area (Å²) in [6.45, 7) is 2.57. The quantitative estimate of drug-likeness (QED) is 0.566. The number of esters is 1. The minimum Gasteiger partial charge on any atom is -0.468 e. The van der Waals surface area contributed by atoms with Crippen molar-refractivity contribution in [2.45, 2.75) is 13.0 Å². The van der Waals surface area contributed by atoms with Gasteiger partial charge in [-0.05, 0) is 6.92 Å². The van der Waals surface area contributed by atoms with Gasteiger partial charge in [-0.2, -0.15) is 0 Å². The minimum atomic E-state index is -0.379. The molecule has 0 radical (unpaired) electrons. The lowest BCUT2D eigenvalue weighted by molar-refractivity contribution is -0.141. The molecule has 1 fully saturated rings. The number of ether oxygens (including phenoxy) is 1. The molecule has 0 N–H and O–H groups in total. The van der Waals surface area contributed by atoms with Crippen molar-refractivity contribution in [2.75, 3.05) is 27.2 Å². The lowest BCUT2D eigenvalue weighted by Gasteiger charge is -2.14. The van der Waals surface area contributed by atoms with Crippen molar-refractivity contribution in [2.24, 2.45) is 0 Å². The first-order chi connectivity index (χ1) is 6.06. The van der Waals surface area contributed by atoms with E-state index in [1.165, 1.54) is 12.0 Å². The van der Waals surface area contributed by atoms with Gasteiger partial charge in [-0.3, -0.25) is 4.79 Å². The number of urea groups is 1. The molecule has 1 atom stereocenters. The topological polar surface area (TPSA) is 49.9 Å². The van der Waals surface area contributed by atoms with Crippen molar-refractivity contribution in [3.05, 3.63) is 0 Å². The lowest BCUT2D eigenvalue weighted by atomic mass is 10.3. The van der Waals surface area contributed by atoms with Gasteiger partial charge in [0.05, 0.1) is 7.11 Å². The Morgan fingerprint density at radius 3 is 2.69 bits per heavy atom. The molecule has 0 aliphatic carbocycles. The van der Waals surface area contributed by atoms with Crippen LogP contribution in [-0.4, -0.2) is 55.1 Å². The maximum atomic E-state index is 11.4. The van der Waals surface area contributed by atoms with Crippen LogP contribution in [0.2, 0.25) is 0 Å². The molecule has 0 saturated carbocycles. The van der Waals surface area contributed by atoms with E-state index in [1.54, 1.807) is 11.9 Å². The molecule has 1 aliphatic heterocycles. The Morgan fingerprint density at radius 2 is 2.31 bits per heavy atom. The largest absolute Gasteiger partial charge is 0.468 e. The van der Waals surface area contributed by atoms with Gasteiger partial charge in [-0.1, -0.05) is 0 Å². The predicted molar refractivity (Wildman–Crippen MR) is 46.2 cm³/mol. The molecule has 1 saturated heterocycles. The maximum absolute atomic E-state index is 11.4. The smallest absolute Gasteiger partial charge is 0.325 e. The van der Waals surface area contributed by atoms with Crippen molar-refractivity contribution in [1.29, 1.82) is 0 Å². The zero-order chi connectivity index (χ0) is 10.0. The van der Waals surface area contributed by atoms with Crippen LogP contribution in [0.15, 0.2) is 0 Å². The van der Waals surface area contributed by atoms with Gasteiger partial charge in [0.25, 0.3) is 0 Å². The molecular weight excluding hydrogens is 172 g/mol. The van der Waals surface area contributed by atoms with Crippen molar-refractivity contribution in [3.8, 4) is 0 Å². The van der Waals surface area contributed by atoms with Gasteiger partial charge in [-0.25, -0.2) is 4.79 Å². The van der Waals surface area contributed by atoms with Gasteiger partial charge in [0.15, 0.2) is 0 Å². The first kappa shape index (κ1) is 9.83. The summed E-state index contributed by atoms with van der Waals surface area (Å²) in [7, 11) is 3.04. The van der Waals surface area contributed by atoms with E-state index in [-0.39, 0.29) is 24.6 Å². The summed E-state index contributed by atoms with van der Waals surface area (Å²) in [6.07, 6.45) is 0. The van der Waals surface area contributed by atoms with Crippen LogP contribution in [0.3, 0.4) is 0 Å². The van der Waals surface area contributed by atoms with E-state index in [0.717, 1.165) is 0 Å². The second-order valence-electron chi connectivity index (χ2n) is 3.20. The molecule has 74 valence electrons. The van der Waals surface area contributed by atoms with Crippen LogP contribution in [0.5, 0.6) is 0 Å². The van der Waals surface area contributed by atoms with Gasteiger partial charge in [-0.15, -0.1) is 0 Å². The van der Waals surface area contributed by atoms with Crippen molar-refractivity contribution >= 4 is 12.0 Å². The van der Waals surface area contributed by atoms with Crippen molar-refractivity contribution < 1.29 is 14.3 Å². The normalized spacial score (nSPS) is 22.4. The summed E-state index contributed by atoms with van der Waals surface area (Å²) in [5.74, 6) is -0.379. The van der Waals surface area contributed by atoms with Gasteiger partial charge >= 0.3 is 12.0 Å². The van der Waals surface area contributed by atoms with Crippen molar-refractivity contribution in [1.82, 2.24) is 9.80 Å². The fourth-order valence-electron chi connectivity index (χ4n) is 1.28. The molecule has 0 spiro atoms. The molecule has 1 aliphatic rings. The fraction of sp³-hybridized carbons (Fsp3) is 0.750. The van der Waals surface area contributed by atoms with Crippen LogP contribution in [0, 0.1) is 0 Å². The molecule has 0 aromatic heterocycles. The number of hydrogen-bond donors (Lipinski definition) is 0. The van der Waals surface area contributed by atoms with Crippen LogP contribution in [-0.2, 0) is 9.53 Å². The van der Waals surface area contributed by atoms with E-state index in [9.17, 15) is 9.59 Å². The van der Waals surface area contributed by atoms with E-state index in [1.807, 2.05) is 6.92 Å². The second-order valence-corrected chi connectivity index (χ2v) is 3.20. The molecule has 0 bridgehead atoms. The highest BCUT2D eigenvalue weighted by Crippen LogP contribution is 2.12. The molecule has 1 unspecified atom stereocenters. The van der Waals surface area contributed by atoms with Gasteiger partial charge in [0, 0.05) is 19.6 Å². The summed E-state index contributed by atoms with van der Waals surface area (Å²) in [5.41, 5.74) is 0. The van der Waals surface area contributed by atoms with E-state index >= 15 is 0 Å². The predicted octanol–water partition coefficient (Wildman–Crippen LogP) is -0.0847. The maximum Gasteiger partial charge on any atom is 0.325 e. The van der Waals surface area contributed by atoms with Crippen LogP contribution in [0.4, 0.5) is 4.79 Å². The van der Waals surface area contributed by atoms with Crippen LogP contribution in [0.25, 0.3) is 0 Å². The van der Waals surface area contributed by atoms with Gasteiger partial charge in [0.2, 0.25) is 0 Å². The minimum absolute atomic E-state index is 0.0456. The first-order valence-electron chi connectivity index (χ1n) is 4.14. The third-order valence-corrected chi connectivity index (χ3v) is 2.27. The third kappa shape index (κ3) is 1.91. The van der Waals surface area contributed by atoms with Gasteiger partial charge < -0.3 is 14.5 Å². The van der Waals surface area contributed by atoms with E-state index in [4.69, 9.17) is 0 Å². The monoisotopic (exact) mass is 186 g/mol. The van der Waals surface area contributed by atoms with E-state index < -0.39 is 0 Å². The summed E-state index contributed by atoms with van der Waals surface area (Å²) in [4.78, 5) is 25.4. The molecule has 1 rings (SSSR count). The molecule has 2 amide bonds. The lowest BCUT2D eigenvalue weighted by Crippen LogP contribution is -2.34. The van der Waals surface area contributed by atoms with Crippen LogP contribution < -0.4 is 0 Å². The number of rotatable bonds is 2. The second kappa shape index (κ2) is 3.64. The Balaban J connectivity index is 2.54. The third-order valence-electron chi connectivity index (χ3n) is 2.27. The Kier molecular flexibility index (Phi) is 2.75. The number of carbonyl (C=O) groups is 2. The molecule has 5 heteroatoms. The highest BCUT2D eigenvalue weighted by molar-refractivity contribution is 5.82. The average molecular weight is 186 g/mol. The number of likely N-dealkylation sites (N-methyl/N-ethyl adjacent to an activating group) is 1. The first-order valence-corrected chi connectivity index (χ1v) is 4.14.